The third kappa shape index (κ3) is 8.17. The summed E-state index contributed by atoms with van der Waals surface area (Å²) in [7, 11) is 0. The molecule has 8 aromatic rings. The van der Waals surface area contributed by atoms with Crippen LogP contribution in [0, 0.1) is 20.7 Å². The first-order chi connectivity index (χ1) is 39.6. The zero-order valence-electron chi connectivity index (χ0n) is 55.5. The number of rotatable bonds is 5. The van der Waals surface area contributed by atoms with E-state index in [0.717, 1.165) is 82.3 Å². The molecule has 13 rings (SSSR count). The fourth-order valence-electron chi connectivity index (χ4n) is 15.6. The zero-order valence-corrected chi connectivity index (χ0v) is 52.5. The Morgan fingerprint density at radius 2 is 0.988 bits per heavy atom. The van der Waals surface area contributed by atoms with Crippen LogP contribution in [0.25, 0.3) is 11.1 Å². The molecule has 0 aromatic heterocycles. The van der Waals surface area contributed by atoms with E-state index < -0.39 is 6.85 Å². The average molecular weight is 1080 g/mol. The van der Waals surface area contributed by atoms with Gasteiger partial charge in [-0.3, -0.25) is 0 Å². The van der Waals surface area contributed by atoms with E-state index in [1.54, 1.807) is 0 Å². The van der Waals surface area contributed by atoms with E-state index in [1.807, 2.05) is 6.07 Å². The van der Waals surface area contributed by atoms with Gasteiger partial charge in [-0.05, 0) is 228 Å². The highest BCUT2D eigenvalue weighted by atomic mass is 15.2. The van der Waals surface area contributed by atoms with Crippen LogP contribution in [0.15, 0.2) is 140 Å². The van der Waals surface area contributed by atoms with Gasteiger partial charge in [0, 0.05) is 55.0 Å². The monoisotopic (exact) mass is 1080 g/mol. The largest absolute Gasteiger partial charge is 0.311 e. The molecule has 5 aliphatic rings. The van der Waals surface area contributed by atoms with Gasteiger partial charge >= 0.3 is 0 Å². The standard InChI is InChI=1S/C78H88BN3/c1-47-39-68-71-69(40-47)82(65-26-22-24-55-54-23-20-21-25-56(54)78(18,19)70(55)65)66-44-53(80(63-33-27-50(41-48(63)2)72(4,5)6)64-34-28-51(42-49(64)3)73(7,8)9)30-32-61(66)79(71)62-45-59-60(77(16,17)38-37-76(59,14)15)46-67(62)81(68)52-29-31-57-58(43-52)75(12,13)36-35-74(57,10)11/h20-34,39-46H,35-38H2,1-19H3/i1D3. The third-order valence-corrected chi connectivity index (χ3v) is 20.8. The maximum Gasteiger partial charge on any atom is 0.252 e. The predicted molar refractivity (Wildman–Crippen MR) is 355 cm³/mol. The predicted octanol–water partition coefficient (Wildman–Crippen LogP) is 19.8. The molecule has 0 atom stereocenters. The van der Waals surface area contributed by atoms with Gasteiger partial charge in [-0.25, -0.2) is 0 Å². The molecule has 0 bridgehead atoms. The van der Waals surface area contributed by atoms with Crippen molar-refractivity contribution < 1.29 is 4.11 Å². The Balaban J connectivity index is 1.17. The second-order valence-corrected chi connectivity index (χ2v) is 30.7. The zero-order chi connectivity index (χ0) is 60.8. The summed E-state index contributed by atoms with van der Waals surface area (Å²) in [6.07, 6.45) is 4.38. The lowest BCUT2D eigenvalue weighted by atomic mass is 9.33. The van der Waals surface area contributed by atoms with E-state index in [4.69, 9.17) is 0 Å². The van der Waals surface area contributed by atoms with Crippen LogP contribution in [-0.2, 0) is 37.9 Å². The van der Waals surface area contributed by atoms with Crippen molar-refractivity contribution in [1.82, 2.24) is 0 Å². The van der Waals surface area contributed by atoms with Crippen LogP contribution in [0.5, 0.6) is 0 Å². The van der Waals surface area contributed by atoms with Gasteiger partial charge in [0.05, 0.1) is 5.69 Å². The Bertz CT molecular complexity index is 4050. The summed E-state index contributed by atoms with van der Waals surface area (Å²) >= 11 is 0. The van der Waals surface area contributed by atoms with Gasteiger partial charge < -0.3 is 14.7 Å². The lowest BCUT2D eigenvalue weighted by molar-refractivity contribution is 0.332. The third-order valence-electron chi connectivity index (χ3n) is 20.8. The Morgan fingerprint density at radius 1 is 0.451 bits per heavy atom. The van der Waals surface area contributed by atoms with Gasteiger partial charge in [0.15, 0.2) is 0 Å². The van der Waals surface area contributed by atoms with E-state index in [0.29, 0.717) is 5.56 Å². The second kappa shape index (κ2) is 17.9. The van der Waals surface area contributed by atoms with Crippen molar-refractivity contribution in [1.29, 1.82) is 0 Å². The summed E-state index contributed by atoms with van der Waals surface area (Å²) in [6.45, 7) is 39.8. The normalized spacial score (nSPS) is 18.9. The summed E-state index contributed by atoms with van der Waals surface area (Å²) in [5.74, 6) is 0. The summed E-state index contributed by atoms with van der Waals surface area (Å²) in [5.41, 5.74) is 28.3. The molecule has 3 nitrogen and oxygen atoms in total. The van der Waals surface area contributed by atoms with Gasteiger partial charge in [-0.15, -0.1) is 0 Å². The number of fused-ring (bicyclic) bond motifs is 9. The molecule has 0 fully saturated rings. The van der Waals surface area contributed by atoms with Gasteiger partial charge in [0.25, 0.3) is 6.71 Å². The smallest absolute Gasteiger partial charge is 0.252 e. The molecule has 0 saturated carbocycles. The van der Waals surface area contributed by atoms with Crippen molar-refractivity contribution >= 4 is 74.3 Å². The molecule has 82 heavy (non-hydrogen) atoms. The van der Waals surface area contributed by atoms with Crippen LogP contribution in [0.1, 0.15) is 202 Å². The number of benzene rings is 8. The Kier molecular flexibility index (Phi) is 11.1. The minimum absolute atomic E-state index is 0.0223. The maximum atomic E-state index is 9.49. The van der Waals surface area contributed by atoms with Crippen LogP contribution < -0.4 is 31.1 Å². The van der Waals surface area contributed by atoms with Gasteiger partial charge in [0.2, 0.25) is 0 Å². The summed E-state index contributed by atoms with van der Waals surface area (Å²) in [4.78, 5) is 7.50. The lowest BCUT2D eigenvalue weighted by Gasteiger charge is -2.48. The number of nitrogens with zero attached hydrogens (tertiary/aromatic N) is 3. The van der Waals surface area contributed by atoms with Gasteiger partial charge in [-0.1, -0.05) is 190 Å². The Labute approximate surface area is 497 Å². The Hall–Kier alpha value is -6.78. The van der Waals surface area contributed by atoms with E-state index >= 15 is 0 Å². The van der Waals surface area contributed by atoms with E-state index in [-0.39, 0.29) is 44.6 Å². The van der Waals surface area contributed by atoms with Crippen molar-refractivity contribution in [3.8, 4) is 11.1 Å². The van der Waals surface area contributed by atoms with Crippen LogP contribution in [0.2, 0.25) is 0 Å². The number of hydrogen-bond donors (Lipinski definition) is 0. The van der Waals surface area contributed by atoms with Gasteiger partial charge in [0.1, 0.15) is 0 Å². The minimum Gasteiger partial charge on any atom is -0.311 e. The van der Waals surface area contributed by atoms with Gasteiger partial charge in [-0.2, -0.15) is 0 Å². The van der Waals surface area contributed by atoms with Crippen LogP contribution in [-0.4, -0.2) is 6.71 Å². The van der Waals surface area contributed by atoms with Crippen LogP contribution >= 0.6 is 0 Å². The SMILES string of the molecule is [2H]C([2H])([2H])c1cc2c3c(c1)N(c1cccc4c1C(C)(C)c1ccccc1-4)c1cc(N(c4ccc(C(C)(C)C)cc4C)c4ccc(C(C)(C)C)cc4C)ccc1B3c1cc3c(cc1N2c1ccc2c(c1)C(C)(C)CCC2(C)C)C(C)(C)CCC3(C)C. The van der Waals surface area contributed by atoms with E-state index in [9.17, 15) is 4.11 Å². The number of anilines is 9. The van der Waals surface area contributed by atoms with Crippen LogP contribution in [0.3, 0.4) is 0 Å². The molecule has 8 aromatic carbocycles. The highest BCUT2D eigenvalue weighted by molar-refractivity contribution is 7.00. The second-order valence-electron chi connectivity index (χ2n) is 30.7. The molecule has 0 spiro atoms. The van der Waals surface area contributed by atoms with Crippen molar-refractivity contribution in [2.75, 3.05) is 14.7 Å². The van der Waals surface area contributed by atoms with Crippen molar-refractivity contribution in [3.63, 3.8) is 0 Å². The number of hydrogen-bond acceptors (Lipinski definition) is 3. The Morgan fingerprint density at radius 3 is 1.57 bits per heavy atom. The highest BCUT2D eigenvalue weighted by Gasteiger charge is 2.49. The molecular formula is C78H88BN3. The van der Waals surface area contributed by atoms with E-state index in [1.165, 1.54) is 77.7 Å². The molecule has 0 N–H and O–H groups in total. The molecule has 0 amide bonds. The topological polar surface area (TPSA) is 9.72 Å². The summed E-state index contributed by atoms with van der Waals surface area (Å²) in [5, 5.41) is 0. The summed E-state index contributed by atoms with van der Waals surface area (Å²) < 4.78 is 28.5. The molecule has 2 aliphatic heterocycles. The number of aryl methyl sites for hydroxylation is 3. The first kappa shape index (κ1) is 50.9. The average Bonchev–Trinajstić information content (AvgIpc) is 1.33. The molecule has 0 unspecified atom stereocenters. The molecule has 2 heterocycles. The quantitative estimate of drug-likeness (QED) is 0.159. The first-order valence-electron chi connectivity index (χ1n) is 32.1. The molecular weight excluding hydrogens is 990 g/mol. The molecule has 418 valence electrons. The first-order valence-corrected chi connectivity index (χ1v) is 30.6. The molecule has 4 heteroatoms. The maximum absolute atomic E-state index is 9.49. The van der Waals surface area contributed by atoms with Crippen molar-refractivity contribution in [2.45, 2.75) is 195 Å². The highest BCUT2D eigenvalue weighted by Crippen LogP contribution is 2.57. The molecule has 0 radical (unpaired) electrons. The fourth-order valence-corrected chi connectivity index (χ4v) is 15.6. The minimum atomic E-state index is -2.43. The lowest BCUT2D eigenvalue weighted by Crippen LogP contribution is -2.62. The fraction of sp³-hybridized carbons (Fsp3) is 0.385. The van der Waals surface area contributed by atoms with Crippen LogP contribution in [0.4, 0.5) is 51.2 Å². The van der Waals surface area contributed by atoms with Crippen molar-refractivity contribution in [3.05, 3.63) is 201 Å². The molecule has 3 aliphatic carbocycles. The molecule has 0 saturated heterocycles. The van der Waals surface area contributed by atoms with E-state index in [2.05, 4.69) is 273 Å². The van der Waals surface area contributed by atoms with Crippen molar-refractivity contribution in [2.24, 2.45) is 0 Å². The summed E-state index contributed by atoms with van der Waals surface area (Å²) in [6, 6.07) is 53.6.